The van der Waals surface area contributed by atoms with E-state index in [0.717, 1.165) is 72.5 Å². The van der Waals surface area contributed by atoms with Crippen molar-refractivity contribution in [3.05, 3.63) is 29.7 Å². The summed E-state index contributed by atoms with van der Waals surface area (Å²) in [5.41, 5.74) is 0. The first-order chi connectivity index (χ1) is 26.6. The van der Waals surface area contributed by atoms with Crippen LogP contribution < -0.4 is 0 Å². The molecule has 14 saturated heterocycles. The van der Waals surface area contributed by atoms with Crippen LogP contribution in [0.15, 0.2) is 0 Å². The van der Waals surface area contributed by atoms with Crippen LogP contribution in [0.25, 0.3) is 0 Å². The number of hydrogen-bond acceptors (Lipinski definition) is 12. The van der Waals surface area contributed by atoms with E-state index in [1.165, 1.54) is 130 Å². The van der Waals surface area contributed by atoms with Crippen LogP contribution in [-0.4, -0.2) is 294 Å². The quantitative estimate of drug-likeness (QED) is 0.336. The SMILES string of the molecule is CN1CC2CC(C1)N2C.CN1CC2CC(C1)N2C.CN1CC2CC1CN2C.CN1CC2CC1CN2C.CN1CC2CCC(C1)N2C.CN1CC2CCC(C1)N2C.[CH3-].[CH3-].[CH3-].[CH3-].[W+2].[W+2]. The smallest absolute Gasteiger partial charge is 0.358 e. The molecule has 12 unspecified atom stereocenters. The molecule has 0 aromatic rings. The standard InChI is InChI=1S/2C8H16N2.4C7H14N2.4CH3.2W/c2*1-9-5-7-3-4-8(6-9)10(7)2;2*1-8-4-7-3-6(8)5-9(7)2;2*1-8-4-6-3-7(5-8)9(6)2;;;;;;/h2*7-8H,3-6H2,1-2H3;4*6-7H,3-5H2,1-2H3;4*1H3;;/q;;;;;;4*-1;2*+2. The van der Waals surface area contributed by atoms with Crippen LogP contribution in [0.5, 0.6) is 0 Å². The van der Waals surface area contributed by atoms with Crippen LogP contribution in [-0.2, 0) is 42.1 Å². The van der Waals surface area contributed by atoms with Gasteiger partial charge in [-0.1, -0.05) is 0 Å². The van der Waals surface area contributed by atoms with E-state index in [0.29, 0.717) is 0 Å². The van der Waals surface area contributed by atoms with Crippen molar-refractivity contribution in [1.82, 2.24) is 58.8 Å². The van der Waals surface area contributed by atoms with E-state index in [1.807, 2.05) is 0 Å². The van der Waals surface area contributed by atoms with Gasteiger partial charge in [0.15, 0.2) is 0 Å². The molecule has 364 valence electrons. The van der Waals surface area contributed by atoms with E-state index in [-0.39, 0.29) is 71.8 Å². The van der Waals surface area contributed by atoms with Gasteiger partial charge >= 0.3 is 42.1 Å². The molecule has 14 heteroatoms. The summed E-state index contributed by atoms with van der Waals surface area (Å²) >= 11 is 0. The topological polar surface area (TPSA) is 38.9 Å². The van der Waals surface area contributed by atoms with Crippen LogP contribution in [0.1, 0.15) is 51.4 Å². The number of nitrogens with zero attached hydrogens (tertiary/aromatic N) is 12. The van der Waals surface area contributed by atoms with Crippen molar-refractivity contribution >= 4 is 0 Å². The largest absolute Gasteiger partial charge is 2.00 e. The van der Waals surface area contributed by atoms with E-state index in [4.69, 9.17) is 0 Å². The maximum atomic E-state index is 2.56. The molecule has 0 aromatic carbocycles. The first kappa shape index (κ1) is 60.9. The van der Waals surface area contributed by atoms with Crippen molar-refractivity contribution in [2.75, 3.05) is 163 Å². The van der Waals surface area contributed by atoms with Crippen molar-refractivity contribution < 1.29 is 42.1 Å². The molecular weight excluding hydrogens is 1110 g/mol. The molecule has 0 aliphatic carbocycles. The zero-order valence-corrected chi connectivity index (χ0v) is 49.1. The summed E-state index contributed by atoms with van der Waals surface area (Å²) < 4.78 is 0. The van der Waals surface area contributed by atoms with Gasteiger partial charge in [-0.05, 0) is 136 Å². The van der Waals surface area contributed by atoms with Gasteiger partial charge in [-0.15, -0.1) is 0 Å². The van der Waals surface area contributed by atoms with Crippen LogP contribution in [0.3, 0.4) is 0 Å². The maximum absolute atomic E-state index is 2.56. The van der Waals surface area contributed by atoms with E-state index in [2.05, 4.69) is 143 Å². The Hall–Kier alpha value is 0.897. The zero-order valence-electron chi connectivity index (χ0n) is 43.3. The Bertz CT molecular complexity index is 1080. The van der Waals surface area contributed by atoms with Gasteiger partial charge in [-0.3, -0.25) is 19.6 Å². The number of rotatable bonds is 0. The third-order valence-electron chi connectivity index (χ3n) is 17.1. The van der Waals surface area contributed by atoms with Crippen molar-refractivity contribution in [2.45, 2.75) is 124 Å². The van der Waals surface area contributed by atoms with Gasteiger partial charge in [0, 0.05) is 151 Å². The van der Waals surface area contributed by atoms with Crippen LogP contribution in [0.2, 0.25) is 0 Å². The first-order valence-electron chi connectivity index (χ1n) is 23.1. The summed E-state index contributed by atoms with van der Waals surface area (Å²) in [7, 11) is 26.9. The average Bonchev–Trinajstić information content (AvgIpc) is 3.99. The monoisotopic (exact) mass is 1210 g/mol. The van der Waals surface area contributed by atoms with E-state index in [9.17, 15) is 0 Å². The molecule has 0 saturated carbocycles. The van der Waals surface area contributed by atoms with Gasteiger partial charge in [0.2, 0.25) is 0 Å². The Morgan fingerprint density at radius 3 is 0.532 bits per heavy atom. The molecule has 0 aromatic heterocycles. The molecule has 0 N–H and O–H groups in total. The third kappa shape index (κ3) is 14.5. The summed E-state index contributed by atoms with van der Waals surface area (Å²) in [6, 6.07) is 10.5. The Kier molecular flexibility index (Phi) is 26.1. The minimum absolute atomic E-state index is 0. The molecule has 0 spiro atoms. The van der Waals surface area contributed by atoms with Crippen molar-refractivity contribution in [3.63, 3.8) is 0 Å². The summed E-state index contributed by atoms with van der Waals surface area (Å²) in [6.45, 7) is 15.4. The number of hydrogen-bond donors (Lipinski definition) is 0. The van der Waals surface area contributed by atoms with E-state index in [1.54, 1.807) is 0 Å². The summed E-state index contributed by atoms with van der Waals surface area (Å²) in [4.78, 5) is 29.8. The zero-order chi connectivity index (χ0) is 40.0. The molecule has 0 radical (unpaired) electrons. The van der Waals surface area contributed by atoms with Crippen LogP contribution >= 0.6 is 0 Å². The number of likely N-dealkylation sites (tertiary alicyclic amines) is 6. The van der Waals surface area contributed by atoms with Gasteiger partial charge < -0.3 is 68.9 Å². The molecule has 0 amide bonds. The van der Waals surface area contributed by atoms with Crippen molar-refractivity contribution in [2.24, 2.45) is 0 Å². The fourth-order valence-corrected chi connectivity index (χ4v) is 12.8. The normalized spacial score (nSPS) is 39.7. The molecule has 12 bridgehead atoms. The molecule has 14 aliphatic heterocycles. The molecule has 12 nitrogen and oxygen atoms in total. The van der Waals surface area contributed by atoms with Crippen molar-refractivity contribution in [3.8, 4) is 0 Å². The minimum Gasteiger partial charge on any atom is -0.358 e. The number of likely N-dealkylation sites (N-methyl/N-ethyl adjacent to an activating group) is 12. The fourth-order valence-electron chi connectivity index (χ4n) is 12.8. The Morgan fingerprint density at radius 2 is 0.387 bits per heavy atom. The second kappa shape index (κ2) is 26.6. The molecule has 14 heterocycles. The molecule has 12 atom stereocenters. The van der Waals surface area contributed by atoms with Gasteiger partial charge in [0.05, 0.1) is 0 Å². The predicted octanol–water partition coefficient (Wildman–Crippen LogP) is 2.60. The Morgan fingerprint density at radius 1 is 0.226 bits per heavy atom. The Balaban J connectivity index is 0.000000365. The molecule has 14 fully saturated rings. The molecular formula is C48H100N12W2. The minimum atomic E-state index is 0. The second-order valence-electron chi connectivity index (χ2n) is 21.2. The summed E-state index contributed by atoms with van der Waals surface area (Å²) in [5, 5.41) is 0. The van der Waals surface area contributed by atoms with Gasteiger partial charge in [-0.2, -0.15) is 0 Å². The summed E-state index contributed by atoms with van der Waals surface area (Å²) in [5.74, 6) is 0. The Labute approximate surface area is 415 Å². The van der Waals surface area contributed by atoms with Crippen LogP contribution in [0, 0.1) is 29.7 Å². The molecule has 14 rings (SSSR count). The number of fused-ring (bicyclic) bond motifs is 12. The van der Waals surface area contributed by atoms with Gasteiger partial charge in [0.1, 0.15) is 0 Å². The average molecular weight is 1210 g/mol. The maximum Gasteiger partial charge on any atom is 2.00 e. The number of piperazine rings is 6. The van der Waals surface area contributed by atoms with E-state index >= 15 is 0 Å². The summed E-state index contributed by atoms with van der Waals surface area (Å²) in [6.07, 6.45) is 11.4. The molecule has 62 heavy (non-hydrogen) atoms. The van der Waals surface area contributed by atoms with Crippen LogP contribution in [0.4, 0.5) is 0 Å². The van der Waals surface area contributed by atoms with Gasteiger partial charge in [0.25, 0.3) is 0 Å². The van der Waals surface area contributed by atoms with E-state index < -0.39 is 0 Å². The molecule has 14 aliphatic rings. The van der Waals surface area contributed by atoms with Gasteiger partial charge in [-0.25, -0.2) is 0 Å². The first-order valence-corrected chi connectivity index (χ1v) is 23.1. The van der Waals surface area contributed by atoms with Crippen molar-refractivity contribution in [1.29, 1.82) is 0 Å². The second-order valence-corrected chi connectivity index (χ2v) is 21.2. The third-order valence-corrected chi connectivity index (χ3v) is 17.1. The number of piperidine rings is 2. The fraction of sp³-hybridized carbons (Fsp3) is 0.917. The predicted molar refractivity (Wildman–Crippen MR) is 260 cm³/mol.